The first-order chi connectivity index (χ1) is 8.69. The molecule has 1 aromatic heterocycles. The zero-order valence-electron chi connectivity index (χ0n) is 9.80. The number of fused-ring (bicyclic) bond motifs is 1. The minimum absolute atomic E-state index is 0.110. The molecule has 2 heterocycles. The molecular formula is C11H12FN5O. The smallest absolute Gasteiger partial charge is 0.185 e. The molecule has 1 aliphatic rings. The maximum absolute atomic E-state index is 13.6. The summed E-state index contributed by atoms with van der Waals surface area (Å²) in [5.74, 6) is 0.779. The maximum Gasteiger partial charge on any atom is 0.185 e. The summed E-state index contributed by atoms with van der Waals surface area (Å²) in [5, 5.41) is 11.2. The van der Waals surface area contributed by atoms with E-state index in [0.717, 1.165) is 5.56 Å². The second kappa shape index (κ2) is 4.02. The van der Waals surface area contributed by atoms with E-state index in [1.807, 2.05) is 0 Å². The number of rotatable bonds is 2. The Morgan fingerprint density at radius 2 is 2.39 bits per heavy atom. The molecule has 0 amide bonds. The van der Waals surface area contributed by atoms with E-state index in [9.17, 15) is 4.39 Å². The summed E-state index contributed by atoms with van der Waals surface area (Å²) in [6.07, 6.45) is 0.503. The number of nitrogens with two attached hydrogens (primary N) is 1. The van der Waals surface area contributed by atoms with Crippen LogP contribution < -0.4 is 10.5 Å². The first kappa shape index (κ1) is 11.1. The zero-order valence-corrected chi connectivity index (χ0v) is 9.80. The highest BCUT2D eigenvalue weighted by molar-refractivity contribution is 5.67. The summed E-state index contributed by atoms with van der Waals surface area (Å²) in [6, 6.07) is 2.85. The molecule has 1 aromatic carbocycles. The van der Waals surface area contributed by atoms with E-state index >= 15 is 0 Å². The van der Waals surface area contributed by atoms with E-state index in [4.69, 9.17) is 10.5 Å². The van der Waals surface area contributed by atoms with Gasteiger partial charge in [-0.25, -0.2) is 9.07 Å². The van der Waals surface area contributed by atoms with Gasteiger partial charge in [0, 0.05) is 25.6 Å². The molecule has 2 N–H and O–H groups in total. The van der Waals surface area contributed by atoms with Crippen LogP contribution in [0.2, 0.25) is 0 Å². The Balaban J connectivity index is 2.15. The fourth-order valence-corrected chi connectivity index (χ4v) is 2.15. The number of benzene rings is 1. The highest BCUT2D eigenvalue weighted by Gasteiger charge is 2.27. The predicted molar refractivity (Wildman–Crippen MR) is 61.4 cm³/mol. The van der Waals surface area contributed by atoms with Crippen LogP contribution in [0.4, 0.5) is 4.39 Å². The van der Waals surface area contributed by atoms with Crippen LogP contribution in [0.5, 0.6) is 5.75 Å². The SMILES string of the molecule is Cn1nnnc1-c1cc(F)cc2c1OC(CN)C2. The third kappa shape index (κ3) is 1.63. The van der Waals surface area contributed by atoms with Gasteiger partial charge >= 0.3 is 0 Å². The van der Waals surface area contributed by atoms with Crippen molar-refractivity contribution in [2.45, 2.75) is 12.5 Å². The van der Waals surface area contributed by atoms with Gasteiger partial charge in [0.05, 0.1) is 5.56 Å². The molecule has 94 valence electrons. The maximum atomic E-state index is 13.6. The molecule has 1 aliphatic heterocycles. The van der Waals surface area contributed by atoms with Crippen LogP contribution in [0, 0.1) is 5.82 Å². The second-order valence-corrected chi connectivity index (χ2v) is 4.25. The molecule has 1 unspecified atom stereocenters. The number of ether oxygens (including phenoxy) is 1. The van der Waals surface area contributed by atoms with Crippen molar-refractivity contribution in [3.8, 4) is 17.1 Å². The Morgan fingerprint density at radius 1 is 1.56 bits per heavy atom. The van der Waals surface area contributed by atoms with Gasteiger partial charge in [0.25, 0.3) is 0 Å². The van der Waals surface area contributed by atoms with Crippen molar-refractivity contribution in [2.24, 2.45) is 12.8 Å². The van der Waals surface area contributed by atoms with Gasteiger partial charge in [0.15, 0.2) is 5.82 Å². The lowest BCUT2D eigenvalue weighted by Gasteiger charge is -2.09. The van der Waals surface area contributed by atoms with Gasteiger partial charge < -0.3 is 10.5 Å². The first-order valence-corrected chi connectivity index (χ1v) is 5.61. The molecule has 7 heteroatoms. The molecule has 6 nitrogen and oxygen atoms in total. The summed E-state index contributed by atoms with van der Waals surface area (Å²) in [5.41, 5.74) is 6.96. The molecule has 0 fully saturated rings. The minimum atomic E-state index is -0.326. The lowest BCUT2D eigenvalue weighted by molar-refractivity contribution is 0.242. The van der Waals surface area contributed by atoms with Gasteiger partial charge in [-0.05, 0) is 22.6 Å². The summed E-state index contributed by atoms with van der Waals surface area (Å²) < 4.78 is 20.8. The average Bonchev–Trinajstić information content (AvgIpc) is 2.93. The quantitative estimate of drug-likeness (QED) is 0.827. The van der Waals surface area contributed by atoms with Crippen LogP contribution in [0.1, 0.15) is 5.56 Å². The summed E-state index contributed by atoms with van der Waals surface area (Å²) >= 11 is 0. The largest absolute Gasteiger partial charge is 0.488 e. The van der Waals surface area contributed by atoms with Gasteiger partial charge in [-0.2, -0.15) is 0 Å². The molecule has 0 saturated heterocycles. The number of aryl methyl sites for hydroxylation is 1. The number of hydrogen-bond donors (Lipinski definition) is 1. The summed E-state index contributed by atoms with van der Waals surface area (Å²) in [7, 11) is 1.70. The van der Waals surface area contributed by atoms with Crippen LogP contribution in [-0.4, -0.2) is 32.9 Å². The van der Waals surface area contributed by atoms with Crippen molar-refractivity contribution in [1.29, 1.82) is 0 Å². The van der Waals surface area contributed by atoms with Crippen molar-refractivity contribution in [3.05, 3.63) is 23.5 Å². The molecule has 0 saturated carbocycles. The highest BCUT2D eigenvalue weighted by Crippen LogP contribution is 2.38. The van der Waals surface area contributed by atoms with Crippen molar-refractivity contribution in [2.75, 3.05) is 6.54 Å². The fraction of sp³-hybridized carbons (Fsp3) is 0.364. The van der Waals surface area contributed by atoms with Crippen LogP contribution in [-0.2, 0) is 13.5 Å². The molecule has 18 heavy (non-hydrogen) atoms. The highest BCUT2D eigenvalue weighted by atomic mass is 19.1. The summed E-state index contributed by atoms with van der Waals surface area (Å²) in [4.78, 5) is 0. The van der Waals surface area contributed by atoms with Gasteiger partial charge in [0.2, 0.25) is 0 Å². The monoisotopic (exact) mass is 249 g/mol. The van der Waals surface area contributed by atoms with E-state index in [-0.39, 0.29) is 11.9 Å². The van der Waals surface area contributed by atoms with E-state index < -0.39 is 0 Å². The Labute approximate surface area is 103 Å². The Morgan fingerprint density at radius 3 is 3.06 bits per heavy atom. The predicted octanol–water partition coefficient (Wildman–Crippen LogP) is 0.278. The van der Waals surface area contributed by atoms with E-state index in [2.05, 4.69) is 15.5 Å². The topological polar surface area (TPSA) is 78.8 Å². The first-order valence-electron chi connectivity index (χ1n) is 5.61. The lowest BCUT2D eigenvalue weighted by atomic mass is 10.1. The molecule has 0 radical (unpaired) electrons. The molecular weight excluding hydrogens is 237 g/mol. The molecule has 0 aliphatic carbocycles. The summed E-state index contributed by atoms with van der Waals surface area (Å²) in [6.45, 7) is 0.396. The average molecular weight is 249 g/mol. The Kier molecular flexibility index (Phi) is 2.48. The van der Waals surface area contributed by atoms with Crippen molar-refractivity contribution in [3.63, 3.8) is 0 Å². The minimum Gasteiger partial charge on any atom is -0.488 e. The molecule has 0 bridgehead atoms. The second-order valence-electron chi connectivity index (χ2n) is 4.25. The number of aromatic nitrogens is 4. The number of tetrazole rings is 1. The molecule has 2 aromatic rings. The van der Waals surface area contributed by atoms with Crippen LogP contribution in [0.25, 0.3) is 11.4 Å². The zero-order chi connectivity index (χ0) is 12.7. The third-order valence-corrected chi connectivity index (χ3v) is 2.99. The standard InChI is InChI=1S/C11H12FN5O/c1-17-11(14-15-16-17)9-4-7(12)2-6-3-8(5-13)18-10(6)9/h2,4,8H,3,5,13H2,1H3. The molecule has 1 atom stereocenters. The van der Waals surface area contributed by atoms with Gasteiger partial charge in [-0.1, -0.05) is 0 Å². The van der Waals surface area contributed by atoms with E-state index in [1.54, 1.807) is 7.05 Å². The third-order valence-electron chi connectivity index (χ3n) is 2.99. The van der Waals surface area contributed by atoms with Gasteiger partial charge in [-0.15, -0.1) is 5.10 Å². The number of hydrogen-bond acceptors (Lipinski definition) is 5. The Hall–Kier alpha value is -2.02. The van der Waals surface area contributed by atoms with Crippen LogP contribution in [0.3, 0.4) is 0 Å². The Bertz CT molecular complexity index is 597. The molecule has 0 spiro atoms. The van der Waals surface area contributed by atoms with Crippen molar-refractivity contribution >= 4 is 0 Å². The van der Waals surface area contributed by atoms with E-state index in [0.29, 0.717) is 30.1 Å². The van der Waals surface area contributed by atoms with E-state index in [1.165, 1.54) is 16.8 Å². The van der Waals surface area contributed by atoms with Gasteiger partial charge in [-0.3, -0.25) is 0 Å². The van der Waals surface area contributed by atoms with Crippen LogP contribution >= 0.6 is 0 Å². The molecule has 3 rings (SSSR count). The number of nitrogens with zero attached hydrogens (tertiary/aromatic N) is 4. The lowest BCUT2D eigenvalue weighted by Crippen LogP contribution is -2.24. The van der Waals surface area contributed by atoms with Crippen molar-refractivity contribution < 1.29 is 9.13 Å². The fourth-order valence-electron chi connectivity index (χ4n) is 2.15. The van der Waals surface area contributed by atoms with Gasteiger partial charge in [0.1, 0.15) is 17.7 Å². The number of halogens is 1. The van der Waals surface area contributed by atoms with Crippen LogP contribution in [0.15, 0.2) is 12.1 Å². The van der Waals surface area contributed by atoms with Crippen molar-refractivity contribution in [1.82, 2.24) is 20.2 Å². The normalized spacial score (nSPS) is 17.6.